The molecule has 0 unspecified atom stereocenters. The van der Waals surface area contributed by atoms with Gasteiger partial charge in [0.05, 0.1) is 23.1 Å². The Balaban J connectivity index is 1.71. The highest BCUT2D eigenvalue weighted by Gasteiger charge is 2.18. The number of carbonyl (C=O) groups excluding carboxylic acids is 3. The Morgan fingerprint density at radius 3 is 2.85 bits per heavy atom. The van der Waals surface area contributed by atoms with Crippen molar-refractivity contribution in [1.82, 2.24) is 14.9 Å². The molecule has 9 heteroatoms. The first kappa shape index (κ1) is 17.6. The molecule has 0 fully saturated rings. The fourth-order valence-electron chi connectivity index (χ4n) is 2.74. The summed E-state index contributed by atoms with van der Waals surface area (Å²) >= 11 is 0. The number of carbonyl (C=O) groups is 3. The number of fused-ring (bicyclic) bond motifs is 2. The summed E-state index contributed by atoms with van der Waals surface area (Å²) < 4.78 is 11.1. The van der Waals surface area contributed by atoms with Crippen LogP contribution in [0.2, 0.25) is 0 Å². The van der Waals surface area contributed by atoms with Crippen molar-refractivity contribution in [2.24, 2.45) is 0 Å². The number of esters is 1. The smallest absolute Gasteiger partial charge is 0.413 e. The molecule has 0 spiro atoms. The van der Waals surface area contributed by atoms with E-state index < -0.39 is 24.6 Å². The third-order valence-electron chi connectivity index (χ3n) is 3.90. The zero-order valence-electron chi connectivity index (χ0n) is 14.1. The number of nitrogens with zero attached hydrogens (tertiary/aromatic N) is 2. The average molecular weight is 359 g/mol. The van der Waals surface area contributed by atoms with Crippen molar-refractivity contribution in [3.05, 3.63) is 39.9 Å². The second-order valence-corrected chi connectivity index (χ2v) is 5.67. The number of hydrogen-bond acceptors (Lipinski definition) is 7. The van der Waals surface area contributed by atoms with Gasteiger partial charge in [-0.05, 0) is 31.5 Å². The predicted molar refractivity (Wildman–Crippen MR) is 89.8 cm³/mol. The topological polar surface area (TPSA) is 117 Å². The van der Waals surface area contributed by atoms with Crippen molar-refractivity contribution >= 4 is 28.9 Å². The molecule has 26 heavy (non-hydrogen) atoms. The van der Waals surface area contributed by atoms with Crippen LogP contribution >= 0.6 is 0 Å². The second kappa shape index (κ2) is 7.34. The molecule has 0 bridgehead atoms. The third kappa shape index (κ3) is 3.56. The number of aromatic nitrogens is 2. The quantitative estimate of drug-likeness (QED) is 0.802. The van der Waals surface area contributed by atoms with Crippen LogP contribution in [0.1, 0.15) is 29.5 Å². The van der Waals surface area contributed by atoms with Crippen molar-refractivity contribution in [3.8, 4) is 0 Å². The first-order valence-corrected chi connectivity index (χ1v) is 8.16. The fraction of sp³-hybridized carbons (Fsp3) is 0.353. The van der Waals surface area contributed by atoms with E-state index in [4.69, 9.17) is 4.74 Å². The van der Waals surface area contributed by atoms with Gasteiger partial charge < -0.3 is 9.47 Å². The maximum absolute atomic E-state index is 12.4. The van der Waals surface area contributed by atoms with Crippen LogP contribution in [0.3, 0.4) is 0 Å². The van der Waals surface area contributed by atoms with Gasteiger partial charge >= 0.3 is 12.1 Å². The van der Waals surface area contributed by atoms with Crippen LogP contribution < -0.4 is 10.9 Å². The summed E-state index contributed by atoms with van der Waals surface area (Å²) in [5.74, 6) is -0.859. The molecule has 1 aliphatic rings. The highest BCUT2D eigenvalue weighted by molar-refractivity contribution is 5.97. The number of alkyl carbamates (subject to hydrolysis) is 1. The molecular formula is C17H17N3O6. The van der Waals surface area contributed by atoms with E-state index in [1.807, 2.05) is 5.32 Å². The Bertz CT molecular complexity index is 949. The van der Waals surface area contributed by atoms with Crippen molar-refractivity contribution in [1.29, 1.82) is 0 Å². The molecule has 0 radical (unpaired) electrons. The Morgan fingerprint density at radius 2 is 2.08 bits per heavy atom. The molecule has 1 aromatic carbocycles. The predicted octanol–water partition coefficient (Wildman–Crippen LogP) is 0.772. The Labute approximate surface area is 147 Å². The summed E-state index contributed by atoms with van der Waals surface area (Å²) in [6, 6.07) is 4.42. The van der Waals surface area contributed by atoms with Gasteiger partial charge in [0.15, 0.2) is 6.61 Å². The normalized spacial score (nSPS) is 12.5. The van der Waals surface area contributed by atoms with Crippen LogP contribution in [-0.2, 0) is 27.2 Å². The van der Waals surface area contributed by atoms with E-state index in [0.29, 0.717) is 29.7 Å². The molecule has 0 saturated carbocycles. The highest BCUT2D eigenvalue weighted by atomic mass is 16.6. The van der Waals surface area contributed by atoms with E-state index >= 15 is 0 Å². The lowest BCUT2D eigenvalue weighted by Crippen LogP contribution is -2.34. The van der Waals surface area contributed by atoms with Crippen LogP contribution in [0.5, 0.6) is 0 Å². The molecule has 0 aliphatic carbocycles. The summed E-state index contributed by atoms with van der Waals surface area (Å²) in [6.45, 7) is 1.73. The minimum Gasteiger partial charge on any atom is -0.452 e. The molecule has 1 N–H and O–H groups in total. The second-order valence-electron chi connectivity index (χ2n) is 5.67. The monoisotopic (exact) mass is 359 g/mol. The first-order valence-electron chi connectivity index (χ1n) is 8.16. The van der Waals surface area contributed by atoms with Gasteiger partial charge in [0.1, 0.15) is 5.82 Å². The molecule has 2 aromatic rings. The van der Waals surface area contributed by atoms with Gasteiger partial charge in [-0.3, -0.25) is 19.5 Å². The van der Waals surface area contributed by atoms with Crippen LogP contribution in [0, 0.1) is 0 Å². The number of hydrogen-bond donors (Lipinski definition) is 1. The third-order valence-corrected chi connectivity index (χ3v) is 3.90. The zero-order chi connectivity index (χ0) is 18.7. The number of nitrogens with one attached hydrogen (secondary N) is 1. The van der Waals surface area contributed by atoms with Crippen molar-refractivity contribution in [2.75, 3.05) is 13.2 Å². The summed E-state index contributed by atoms with van der Waals surface area (Å²) in [5.41, 5.74) is 0.445. The molecule has 9 nitrogen and oxygen atoms in total. The maximum atomic E-state index is 12.4. The molecule has 3 rings (SSSR count). The number of benzene rings is 1. The fourth-order valence-corrected chi connectivity index (χ4v) is 2.74. The van der Waals surface area contributed by atoms with Gasteiger partial charge in [-0.1, -0.05) is 0 Å². The Kier molecular flexibility index (Phi) is 4.97. The minimum absolute atomic E-state index is 0.118. The SMILES string of the molecule is CCOC(=O)NC(=O)COC(=O)c1ccc2c(=O)n3c(nc2c1)CCC3. The highest BCUT2D eigenvalue weighted by Crippen LogP contribution is 2.16. The Hall–Kier alpha value is -3.23. The summed E-state index contributed by atoms with van der Waals surface area (Å²) in [4.78, 5) is 51.5. The number of aryl methyl sites for hydroxylation is 1. The van der Waals surface area contributed by atoms with Gasteiger partial charge in [0, 0.05) is 13.0 Å². The molecule has 1 aliphatic heterocycles. The molecule has 136 valence electrons. The number of imide groups is 1. The van der Waals surface area contributed by atoms with E-state index in [9.17, 15) is 19.2 Å². The molecule has 2 amide bonds. The largest absolute Gasteiger partial charge is 0.452 e. The van der Waals surface area contributed by atoms with Crippen molar-refractivity contribution in [3.63, 3.8) is 0 Å². The molecular weight excluding hydrogens is 342 g/mol. The lowest BCUT2D eigenvalue weighted by molar-refractivity contribution is -0.123. The molecule has 0 saturated heterocycles. The van der Waals surface area contributed by atoms with E-state index in [0.717, 1.165) is 6.42 Å². The van der Waals surface area contributed by atoms with Crippen molar-refractivity contribution in [2.45, 2.75) is 26.3 Å². The minimum atomic E-state index is -0.905. The van der Waals surface area contributed by atoms with Crippen molar-refractivity contribution < 1.29 is 23.9 Å². The molecule has 1 aromatic heterocycles. The summed E-state index contributed by atoms with van der Waals surface area (Å²) in [7, 11) is 0. The van der Waals surface area contributed by atoms with Gasteiger partial charge in [-0.2, -0.15) is 0 Å². The van der Waals surface area contributed by atoms with E-state index in [-0.39, 0.29) is 17.7 Å². The average Bonchev–Trinajstić information content (AvgIpc) is 3.08. The van der Waals surface area contributed by atoms with E-state index in [1.54, 1.807) is 11.5 Å². The lowest BCUT2D eigenvalue weighted by Gasteiger charge is -2.08. The summed E-state index contributed by atoms with van der Waals surface area (Å²) in [6.07, 6.45) is 0.675. The van der Waals surface area contributed by atoms with Crippen LogP contribution in [-0.4, -0.2) is 40.7 Å². The zero-order valence-corrected chi connectivity index (χ0v) is 14.1. The van der Waals surface area contributed by atoms with E-state index in [2.05, 4.69) is 9.72 Å². The van der Waals surface area contributed by atoms with Crippen LogP contribution in [0.4, 0.5) is 4.79 Å². The van der Waals surface area contributed by atoms with E-state index in [1.165, 1.54) is 18.2 Å². The standard InChI is InChI=1S/C17H17N3O6/c1-2-25-17(24)19-14(21)9-26-16(23)10-5-6-11-12(8-10)18-13-4-3-7-20(13)15(11)22/h5-6,8H,2-4,7,9H2,1H3,(H,19,21,24). The number of rotatable bonds is 4. The maximum Gasteiger partial charge on any atom is 0.413 e. The summed E-state index contributed by atoms with van der Waals surface area (Å²) in [5, 5.41) is 2.34. The van der Waals surface area contributed by atoms with Crippen LogP contribution in [0.25, 0.3) is 10.9 Å². The van der Waals surface area contributed by atoms with Crippen LogP contribution in [0.15, 0.2) is 23.0 Å². The van der Waals surface area contributed by atoms with Gasteiger partial charge in [0.25, 0.3) is 11.5 Å². The molecule has 0 atom stereocenters. The van der Waals surface area contributed by atoms with Gasteiger partial charge in [-0.25, -0.2) is 14.6 Å². The molecule has 2 heterocycles. The first-order chi connectivity index (χ1) is 12.5. The van der Waals surface area contributed by atoms with Gasteiger partial charge in [0.2, 0.25) is 0 Å². The van der Waals surface area contributed by atoms with Gasteiger partial charge in [-0.15, -0.1) is 0 Å². The lowest BCUT2D eigenvalue weighted by atomic mass is 10.1. The number of amides is 2. The Morgan fingerprint density at radius 1 is 1.27 bits per heavy atom. The number of ether oxygens (including phenoxy) is 2.